The zero-order valence-electron chi connectivity index (χ0n) is 16.9. The quantitative estimate of drug-likeness (QED) is 0.508. The van der Waals surface area contributed by atoms with E-state index in [1.54, 1.807) is 30.3 Å². The maximum Gasteiger partial charge on any atom is 0.344 e. The van der Waals surface area contributed by atoms with Crippen molar-refractivity contribution in [3.8, 4) is 17.2 Å². The summed E-state index contributed by atoms with van der Waals surface area (Å²) in [6.07, 6.45) is 0. The molecule has 6 nitrogen and oxygen atoms in total. The SMILES string of the molecule is COc1ccc(OC)c(C(=O)COC(=O)COc2ccc(C(C)(C)C)cc2)c1. The van der Waals surface area contributed by atoms with E-state index < -0.39 is 18.4 Å². The third-order valence-electron chi connectivity index (χ3n) is 4.15. The van der Waals surface area contributed by atoms with E-state index in [2.05, 4.69) is 20.8 Å². The average Bonchev–Trinajstić information content (AvgIpc) is 2.69. The molecule has 0 amide bonds. The lowest BCUT2D eigenvalue weighted by Gasteiger charge is -2.19. The molecule has 0 saturated heterocycles. The van der Waals surface area contributed by atoms with Gasteiger partial charge in [-0.25, -0.2) is 4.79 Å². The van der Waals surface area contributed by atoms with Gasteiger partial charge in [0.1, 0.15) is 17.2 Å². The summed E-state index contributed by atoms with van der Waals surface area (Å²) in [7, 11) is 2.96. The summed E-state index contributed by atoms with van der Waals surface area (Å²) >= 11 is 0. The Hall–Kier alpha value is -3.02. The first-order valence-corrected chi connectivity index (χ1v) is 8.89. The Labute approximate surface area is 165 Å². The van der Waals surface area contributed by atoms with Gasteiger partial charge in [0.05, 0.1) is 19.8 Å². The van der Waals surface area contributed by atoms with Crippen LogP contribution in [0.25, 0.3) is 0 Å². The number of esters is 1. The fourth-order valence-electron chi connectivity index (χ4n) is 2.49. The molecule has 0 radical (unpaired) electrons. The van der Waals surface area contributed by atoms with Crippen LogP contribution in [0, 0.1) is 0 Å². The first kappa shape index (κ1) is 21.3. The van der Waals surface area contributed by atoms with Gasteiger partial charge in [-0.15, -0.1) is 0 Å². The third kappa shape index (κ3) is 5.74. The van der Waals surface area contributed by atoms with Gasteiger partial charge in [0.2, 0.25) is 5.78 Å². The Morgan fingerprint density at radius 3 is 2.07 bits per heavy atom. The summed E-state index contributed by atoms with van der Waals surface area (Å²) in [4.78, 5) is 24.2. The molecule has 0 fully saturated rings. The second-order valence-electron chi connectivity index (χ2n) is 7.21. The minimum atomic E-state index is -0.630. The normalized spacial score (nSPS) is 10.9. The van der Waals surface area contributed by atoms with Crippen molar-refractivity contribution in [1.29, 1.82) is 0 Å². The number of hydrogen-bond donors (Lipinski definition) is 0. The molecule has 6 heteroatoms. The van der Waals surface area contributed by atoms with E-state index in [4.69, 9.17) is 18.9 Å². The van der Waals surface area contributed by atoms with Crippen molar-refractivity contribution in [2.24, 2.45) is 0 Å². The van der Waals surface area contributed by atoms with E-state index in [1.807, 2.05) is 12.1 Å². The molecule has 0 unspecified atom stereocenters. The summed E-state index contributed by atoms with van der Waals surface area (Å²) in [6.45, 7) is 5.67. The predicted octanol–water partition coefficient (Wildman–Crippen LogP) is 3.81. The predicted molar refractivity (Wildman–Crippen MR) is 105 cm³/mol. The molecule has 0 aliphatic rings. The van der Waals surface area contributed by atoms with Crippen molar-refractivity contribution in [2.75, 3.05) is 27.4 Å². The lowest BCUT2D eigenvalue weighted by atomic mass is 9.87. The van der Waals surface area contributed by atoms with Crippen molar-refractivity contribution < 1.29 is 28.5 Å². The molecule has 0 spiro atoms. The number of benzene rings is 2. The Morgan fingerprint density at radius 2 is 1.50 bits per heavy atom. The molecule has 2 rings (SSSR count). The van der Waals surface area contributed by atoms with Gasteiger partial charge in [-0.2, -0.15) is 0 Å². The topological polar surface area (TPSA) is 71.1 Å². The molecule has 0 atom stereocenters. The second-order valence-corrected chi connectivity index (χ2v) is 7.21. The molecule has 150 valence electrons. The van der Waals surface area contributed by atoms with Crippen LogP contribution in [0.15, 0.2) is 42.5 Å². The van der Waals surface area contributed by atoms with Crippen molar-refractivity contribution >= 4 is 11.8 Å². The highest BCUT2D eigenvalue weighted by Gasteiger charge is 2.17. The van der Waals surface area contributed by atoms with Crippen LogP contribution in [0.3, 0.4) is 0 Å². The van der Waals surface area contributed by atoms with Crippen LogP contribution in [0.5, 0.6) is 17.2 Å². The molecule has 0 N–H and O–H groups in total. The number of methoxy groups -OCH3 is 2. The van der Waals surface area contributed by atoms with Gasteiger partial charge in [-0.05, 0) is 41.3 Å². The molecular formula is C22H26O6. The van der Waals surface area contributed by atoms with Gasteiger partial charge in [0.25, 0.3) is 0 Å². The Kier molecular flexibility index (Phi) is 7.04. The summed E-state index contributed by atoms with van der Waals surface area (Å²) in [5, 5.41) is 0. The number of carbonyl (C=O) groups is 2. The van der Waals surface area contributed by atoms with Gasteiger partial charge >= 0.3 is 5.97 Å². The zero-order chi connectivity index (χ0) is 20.7. The Morgan fingerprint density at radius 1 is 0.857 bits per heavy atom. The molecule has 2 aromatic carbocycles. The van der Waals surface area contributed by atoms with Gasteiger partial charge in [0, 0.05) is 0 Å². The monoisotopic (exact) mass is 386 g/mol. The highest BCUT2D eigenvalue weighted by molar-refractivity contribution is 6.00. The van der Waals surface area contributed by atoms with Crippen LogP contribution in [0.1, 0.15) is 36.7 Å². The van der Waals surface area contributed by atoms with E-state index >= 15 is 0 Å². The molecule has 0 saturated carbocycles. The summed E-state index contributed by atoms with van der Waals surface area (Å²) in [5.41, 5.74) is 1.49. The van der Waals surface area contributed by atoms with E-state index in [0.717, 1.165) is 0 Å². The highest BCUT2D eigenvalue weighted by atomic mass is 16.6. The highest BCUT2D eigenvalue weighted by Crippen LogP contribution is 2.25. The number of carbonyl (C=O) groups excluding carboxylic acids is 2. The number of ketones is 1. The van der Waals surface area contributed by atoms with E-state index in [0.29, 0.717) is 17.2 Å². The van der Waals surface area contributed by atoms with Crippen LogP contribution in [-0.2, 0) is 14.9 Å². The molecule has 0 bridgehead atoms. The van der Waals surface area contributed by atoms with E-state index in [-0.39, 0.29) is 17.6 Å². The Bertz CT molecular complexity index is 818. The molecule has 0 heterocycles. The standard InChI is InChI=1S/C22H26O6/c1-22(2,3)15-6-8-16(9-7-15)27-14-21(24)28-13-19(23)18-12-17(25-4)10-11-20(18)26-5/h6-12H,13-14H2,1-5H3. The smallest absolute Gasteiger partial charge is 0.344 e. The summed E-state index contributed by atoms with van der Waals surface area (Å²) in [5.74, 6) is 0.439. The first-order chi connectivity index (χ1) is 13.2. The second kappa shape index (κ2) is 9.26. The van der Waals surface area contributed by atoms with Crippen LogP contribution >= 0.6 is 0 Å². The summed E-state index contributed by atoms with van der Waals surface area (Å²) < 4.78 is 20.7. The number of rotatable bonds is 8. The van der Waals surface area contributed by atoms with Crippen molar-refractivity contribution in [1.82, 2.24) is 0 Å². The van der Waals surface area contributed by atoms with Crippen LogP contribution in [0.2, 0.25) is 0 Å². The average molecular weight is 386 g/mol. The molecule has 0 aliphatic carbocycles. The number of Topliss-reactive ketones (excluding diaryl/α,β-unsaturated/α-hetero) is 1. The lowest BCUT2D eigenvalue weighted by molar-refractivity contribution is -0.144. The molecule has 2 aromatic rings. The zero-order valence-corrected chi connectivity index (χ0v) is 16.9. The third-order valence-corrected chi connectivity index (χ3v) is 4.15. The van der Waals surface area contributed by atoms with Gasteiger partial charge in [-0.1, -0.05) is 32.9 Å². The van der Waals surface area contributed by atoms with E-state index in [9.17, 15) is 9.59 Å². The number of ether oxygens (including phenoxy) is 4. The van der Waals surface area contributed by atoms with E-state index in [1.165, 1.54) is 19.8 Å². The minimum absolute atomic E-state index is 0.0407. The van der Waals surface area contributed by atoms with Crippen LogP contribution in [0.4, 0.5) is 0 Å². The summed E-state index contributed by atoms with van der Waals surface area (Å²) in [6, 6.07) is 12.4. The molecule has 28 heavy (non-hydrogen) atoms. The van der Waals surface area contributed by atoms with Crippen molar-refractivity contribution in [3.63, 3.8) is 0 Å². The maximum absolute atomic E-state index is 12.3. The van der Waals surface area contributed by atoms with Crippen molar-refractivity contribution in [3.05, 3.63) is 53.6 Å². The van der Waals surface area contributed by atoms with Gasteiger partial charge in [-0.3, -0.25) is 4.79 Å². The van der Waals surface area contributed by atoms with Crippen molar-refractivity contribution in [2.45, 2.75) is 26.2 Å². The first-order valence-electron chi connectivity index (χ1n) is 8.89. The minimum Gasteiger partial charge on any atom is -0.497 e. The molecule has 0 aliphatic heterocycles. The fourth-order valence-corrected chi connectivity index (χ4v) is 2.49. The number of hydrogen-bond acceptors (Lipinski definition) is 6. The van der Waals surface area contributed by atoms with Crippen LogP contribution < -0.4 is 14.2 Å². The maximum atomic E-state index is 12.3. The lowest BCUT2D eigenvalue weighted by Crippen LogP contribution is -2.20. The fraction of sp³-hybridized carbons (Fsp3) is 0.364. The molecule has 0 aromatic heterocycles. The van der Waals surface area contributed by atoms with Crippen LogP contribution in [-0.4, -0.2) is 39.2 Å². The van der Waals surface area contributed by atoms with Gasteiger partial charge < -0.3 is 18.9 Å². The largest absolute Gasteiger partial charge is 0.497 e. The van der Waals surface area contributed by atoms with Gasteiger partial charge in [0.15, 0.2) is 13.2 Å². The Balaban J connectivity index is 1.88. The molecular weight excluding hydrogens is 360 g/mol.